The zero-order valence-corrected chi connectivity index (χ0v) is 19.7. The zero-order chi connectivity index (χ0) is 26.7. The molecule has 1 unspecified atom stereocenters. The van der Waals surface area contributed by atoms with Crippen LogP contribution in [-0.2, 0) is 6.54 Å². The first kappa shape index (κ1) is 25.5. The van der Waals surface area contributed by atoms with Crippen LogP contribution in [0.5, 0.6) is 0 Å². The van der Waals surface area contributed by atoms with Crippen LogP contribution in [-0.4, -0.2) is 60.2 Å². The van der Waals surface area contributed by atoms with Crippen LogP contribution in [0.1, 0.15) is 29.8 Å². The topological polar surface area (TPSA) is 126 Å². The summed E-state index contributed by atoms with van der Waals surface area (Å²) in [7, 11) is 0. The SMILES string of the molecule is CC(C)(F)C(F)CNC(=O)c1cnc(-n2ncc3cc(C#N)cnc32)cc1Nc1cnn(CC(F)F)c1. The molecule has 0 aromatic carbocycles. The lowest BCUT2D eigenvalue weighted by atomic mass is 10.1. The first-order valence-electron chi connectivity index (χ1n) is 11.0. The van der Waals surface area contributed by atoms with E-state index in [1.165, 1.54) is 41.7 Å². The first-order valence-corrected chi connectivity index (χ1v) is 11.0. The minimum absolute atomic E-state index is 0.0228. The van der Waals surface area contributed by atoms with Crippen molar-refractivity contribution >= 4 is 28.3 Å². The molecule has 0 radical (unpaired) electrons. The molecule has 37 heavy (non-hydrogen) atoms. The molecule has 4 aromatic heterocycles. The molecule has 0 spiro atoms. The van der Waals surface area contributed by atoms with Gasteiger partial charge in [0.25, 0.3) is 12.3 Å². The molecule has 1 amide bonds. The van der Waals surface area contributed by atoms with Gasteiger partial charge in [0.05, 0.1) is 41.4 Å². The maximum Gasteiger partial charge on any atom is 0.257 e. The van der Waals surface area contributed by atoms with E-state index in [4.69, 9.17) is 5.26 Å². The second kappa shape index (κ2) is 10.2. The molecular formula is C23H21F4N9O. The van der Waals surface area contributed by atoms with Crippen LogP contribution in [0.3, 0.4) is 0 Å². The third-order valence-electron chi connectivity index (χ3n) is 5.31. The number of halogens is 4. The molecule has 0 saturated carbocycles. The van der Waals surface area contributed by atoms with Crippen molar-refractivity contribution in [2.75, 3.05) is 11.9 Å². The molecule has 0 fully saturated rings. The minimum Gasteiger partial charge on any atom is -0.352 e. The van der Waals surface area contributed by atoms with E-state index in [0.717, 1.165) is 18.5 Å². The van der Waals surface area contributed by atoms with Crippen molar-refractivity contribution in [1.82, 2.24) is 34.8 Å². The number of carbonyl (C=O) groups is 1. The Kier molecular flexibility index (Phi) is 7.05. The first-order chi connectivity index (χ1) is 17.5. The second-order valence-electron chi connectivity index (χ2n) is 8.60. The number of alkyl halides is 4. The predicted octanol–water partition coefficient (Wildman–Crippen LogP) is 3.71. The van der Waals surface area contributed by atoms with E-state index < -0.39 is 37.3 Å². The molecule has 10 nitrogen and oxygen atoms in total. The minimum atomic E-state index is -2.61. The molecule has 0 aliphatic rings. The number of hydrogen-bond acceptors (Lipinski definition) is 7. The molecule has 14 heteroatoms. The van der Waals surface area contributed by atoms with E-state index in [0.29, 0.717) is 22.3 Å². The number of nitrogens with one attached hydrogen (secondary N) is 2. The Balaban J connectivity index is 1.69. The average Bonchev–Trinajstić information content (AvgIpc) is 3.47. The van der Waals surface area contributed by atoms with E-state index in [1.54, 1.807) is 6.07 Å². The van der Waals surface area contributed by atoms with Crippen molar-refractivity contribution < 1.29 is 22.4 Å². The number of amides is 1. The molecule has 4 aromatic rings. The van der Waals surface area contributed by atoms with Gasteiger partial charge in [-0.2, -0.15) is 20.1 Å². The van der Waals surface area contributed by atoms with Gasteiger partial charge >= 0.3 is 0 Å². The Labute approximate surface area is 207 Å². The highest BCUT2D eigenvalue weighted by Gasteiger charge is 2.29. The molecule has 2 N–H and O–H groups in total. The van der Waals surface area contributed by atoms with Gasteiger partial charge in [0.15, 0.2) is 17.6 Å². The normalized spacial score (nSPS) is 12.5. The fourth-order valence-electron chi connectivity index (χ4n) is 3.34. The van der Waals surface area contributed by atoms with E-state index >= 15 is 0 Å². The molecule has 0 aliphatic heterocycles. The van der Waals surface area contributed by atoms with E-state index in [-0.39, 0.29) is 17.1 Å². The van der Waals surface area contributed by atoms with Gasteiger partial charge in [-0.1, -0.05) is 0 Å². The summed E-state index contributed by atoms with van der Waals surface area (Å²) in [6.07, 6.45) is 2.13. The van der Waals surface area contributed by atoms with Crippen molar-refractivity contribution in [3.05, 3.63) is 54.2 Å². The van der Waals surface area contributed by atoms with Crippen molar-refractivity contribution in [1.29, 1.82) is 5.26 Å². The molecular weight excluding hydrogens is 494 g/mol. The van der Waals surface area contributed by atoms with Crippen LogP contribution in [0.25, 0.3) is 16.9 Å². The molecule has 0 aliphatic carbocycles. The van der Waals surface area contributed by atoms with E-state index in [2.05, 4.69) is 30.8 Å². The highest BCUT2D eigenvalue weighted by atomic mass is 19.3. The molecule has 0 bridgehead atoms. The number of nitrogens with zero attached hydrogens (tertiary/aromatic N) is 7. The third kappa shape index (κ3) is 5.83. The number of rotatable bonds is 9. The Morgan fingerprint density at radius 2 is 1.92 bits per heavy atom. The molecule has 4 heterocycles. The highest BCUT2D eigenvalue weighted by molar-refractivity contribution is 6.00. The summed E-state index contributed by atoms with van der Waals surface area (Å²) < 4.78 is 55.7. The Morgan fingerprint density at radius 3 is 2.62 bits per heavy atom. The van der Waals surface area contributed by atoms with Crippen molar-refractivity contribution in [3.63, 3.8) is 0 Å². The second-order valence-corrected chi connectivity index (χ2v) is 8.60. The molecule has 1 atom stereocenters. The highest BCUT2D eigenvalue weighted by Crippen LogP contribution is 2.25. The van der Waals surface area contributed by atoms with Crippen molar-refractivity contribution in [2.24, 2.45) is 0 Å². The van der Waals surface area contributed by atoms with E-state index in [1.807, 2.05) is 6.07 Å². The van der Waals surface area contributed by atoms with Gasteiger partial charge in [-0.05, 0) is 19.9 Å². The van der Waals surface area contributed by atoms with Crippen LogP contribution in [0.15, 0.2) is 43.1 Å². The Bertz CT molecular complexity index is 1470. The summed E-state index contributed by atoms with van der Waals surface area (Å²) in [4.78, 5) is 21.4. The summed E-state index contributed by atoms with van der Waals surface area (Å²) in [5.41, 5.74) is -0.975. The third-order valence-corrected chi connectivity index (χ3v) is 5.31. The van der Waals surface area contributed by atoms with Gasteiger partial charge in [0.2, 0.25) is 0 Å². The lowest BCUT2D eigenvalue weighted by Crippen LogP contribution is -2.39. The number of carbonyl (C=O) groups excluding carboxylic acids is 1. The Hall–Kier alpha value is -4.54. The summed E-state index contributed by atoms with van der Waals surface area (Å²) >= 11 is 0. The molecule has 192 valence electrons. The quantitative estimate of drug-likeness (QED) is 0.326. The fraction of sp³-hybridized carbons (Fsp3) is 0.304. The maximum absolute atomic E-state index is 14.1. The van der Waals surface area contributed by atoms with Crippen LogP contribution >= 0.6 is 0 Å². The lowest BCUT2D eigenvalue weighted by Gasteiger charge is -2.20. The fourth-order valence-corrected chi connectivity index (χ4v) is 3.34. The van der Waals surface area contributed by atoms with Gasteiger partial charge in [-0.15, -0.1) is 0 Å². The number of anilines is 2. The van der Waals surface area contributed by atoms with Crippen LogP contribution in [0.4, 0.5) is 28.9 Å². The van der Waals surface area contributed by atoms with Gasteiger partial charge in [-0.25, -0.2) is 27.5 Å². The summed E-state index contributed by atoms with van der Waals surface area (Å²) in [6.45, 7) is 0.923. The van der Waals surface area contributed by atoms with E-state index in [9.17, 15) is 22.4 Å². The number of fused-ring (bicyclic) bond motifs is 1. The largest absolute Gasteiger partial charge is 0.352 e. The summed E-state index contributed by atoms with van der Waals surface area (Å²) in [5.74, 6) is -0.505. The van der Waals surface area contributed by atoms with Crippen LogP contribution in [0.2, 0.25) is 0 Å². The number of hydrogen-bond donors (Lipinski definition) is 2. The zero-order valence-electron chi connectivity index (χ0n) is 19.7. The molecule has 4 rings (SSSR count). The van der Waals surface area contributed by atoms with Crippen molar-refractivity contribution in [3.8, 4) is 11.9 Å². The predicted molar refractivity (Wildman–Crippen MR) is 125 cm³/mol. The van der Waals surface area contributed by atoms with Gasteiger partial charge in [0, 0.05) is 30.0 Å². The monoisotopic (exact) mass is 515 g/mol. The molecule has 0 saturated heterocycles. The van der Waals surface area contributed by atoms with Gasteiger partial charge in [0.1, 0.15) is 18.3 Å². The summed E-state index contributed by atoms with van der Waals surface area (Å²) in [5, 5.41) is 23.0. The van der Waals surface area contributed by atoms with Crippen LogP contribution < -0.4 is 10.6 Å². The number of nitriles is 1. The summed E-state index contributed by atoms with van der Waals surface area (Å²) in [6, 6.07) is 5.05. The van der Waals surface area contributed by atoms with Gasteiger partial charge < -0.3 is 10.6 Å². The maximum atomic E-state index is 14.1. The standard InChI is InChI=1S/C23H21F4N9O/c1-23(2,27)18(24)10-31-22(37)16-9-29-20(36-21-14(7-33-36)3-13(5-28)6-30-21)4-17(16)34-15-8-32-35(11-15)12-19(25)26/h3-4,6-9,11,18-19H,10,12H2,1-2H3,(H,29,34)(H,31,37). The Morgan fingerprint density at radius 1 is 1.14 bits per heavy atom. The van der Waals surface area contributed by atoms with Crippen LogP contribution in [0, 0.1) is 11.3 Å². The lowest BCUT2D eigenvalue weighted by molar-refractivity contribution is 0.0759. The smallest absolute Gasteiger partial charge is 0.257 e. The number of pyridine rings is 2. The average molecular weight is 515 g/mol. The van der Waals surface area contributed by atoms with Crippen molar-refractivity contribution in [2.45, 2.75) is 38.7 Å². The van der Waals surface area contributed by atoms with Gasteiger partial charge in [-0.3, -0.25) is 9.48 Å². The number of aromatic nitrogens is 6.